The van der Waals surface area contributed by atoms with Gasteiger partial charge in [-0.05, 0) is 17.9 Å². The average molecular weight is 139 g/mol. The first kappa shape index (κ1) is 10.9. The molecule has 0 fully saturated rings. The van der Waals surface area contributed by atoms with Crippen molar-refractivity contribution in [1.29, 1.82) is 0 Å². The van der Waals surface area contributed by atoms with Crippen molar-refractivity contribution in [2.24, 2.45) is 0 Å². The molecule has 0 saturated carbocycles. The Kier molecular flexibility index (Phi) is 13.8. The lowest BCUT2D eigenvalue weighted by atomic mass is 10.3. The molecule has 0 aromatic heterocycles. The topological polar surface area (TPSA) is 57.5 Å². The third-order valence-electron chi connectivity index (χ3n) is 0.591. The first-order valence-corrected chi connectivity index (χ1v) is 3.23. The van der Waals surface area contributed by atoms with Crippen LogP contribution in [0.15, 0.2) is 0 Å². The molecule has 0 aliphatic rings. The fourth-order valence-electron chi connectivity index (χ4n) is 0. The van der Waals surface area contributed by atoms with Crippen molar-refractivity contribution in [2.45, 2.75) is 26.4 Å². The van der Waals surface area contributed by atoms with Gasteiger partial charge in [-0.3, -0.25) is 0 Å². The van der Waals surface area contributed by atoms with E-state index in [1.165, 1.54) is 0 Å². The molecule has 0 radical (unpaired) electrons. The first-order valence-electron chi connectivity index (χ1n) is 2.38. The molecule has 0 aromatic rings. The van der Waals surface area contributed by atoms with Gasteiger partial charge in [-0.2, -0.15) is 4.89 Å². The van der Waals surface area contributed by atoms with E-state index in [2.05, 4.69) is 0 Å². The SMILES string of the molecule is CCC(C)O.O=[PH+]O. The van der Waals surface area contributed by atoms with Crippen molar-refractivity contribution < 1.29 is 14.6 Å². The van der Waals surface area contributed by atoms with Crippen LogP contribution in [0.2, 0.25) is 0 Å². The molecule has 0 aromatic carbocycles. The lowest BCUT2D eigenvalue weighted by molar-refractivity contribution is 0.191. The average Bonchev–Trinajstić information content (AvgIpc) is 1.69. The zero-order valence-electron chi connectivity index (χ0n) is 5.09. The summed E-state index contributed by atoms with van der Waals surface area (Å²) in [6.07, 6.45) is 0.745. The minimum absolute atomic E-state index is 0.116. The van der Waals surface area contributed by atoms with Crippen molar-refractivity contribution in [3.05, 3.63) is 0 Å². The van der Waals surface area contributed by atoms with Crippen LogP contribution in [0.25, 0.3) is 0 Å². The van der Waals surface area contributed by atoms with Crippen LogP contribution in [-0.2, 0) is 4.57 Å². The Labute approximate surface area is 50.6 Å². The van der Waals surface area contributed by atoms with Gasteiger partial charge in [0.1, 0.15) is 0 Å². The van der Waals surface area contributed by atoms with E-state index in [9.17, 15) is 0 Å². The van der Waals surface area contributed by atoms with Crippen LogP contribution in [0.1, 0.15) is 20.3 Å². The highest BCUT2D eigenvalue weighted by atomic mass is 31.1. The van der Waals surface area contributed by atoms with Gasteiger partial charge < -0.3 is 5.11 Å². The van der Waals surface area contributed by atoms with Crippen molar-refractivity contribution in [3.63, 3.8) is 0 Å². The Balaban J connectivity index is 0. The molecule has 50 valence electrons. The second kappa shape index (κ2) is 10.1. The van der Waals surface area contributed by atoms with Crippen molar-refractivity contribution >= 4 is 8.69 Å². The smallest absolute Gasteiger partial charge is 0.393 e. The van der Waals surface area contributed by atoms with Gasteiger partial charge in [0.15, 0.2) is 0 Å². The summed E-state index contributed by atoms with van der Waals surface area (Å²) in [4.78, 5) is 7.04. The molecule has 0 heterocycles. The van der Waals surface area contributed by atoms with Gasteiger partial charge >= 0.3 is 8.69 Å². The Morgan fingerprint density at radius 2 is 1.88 bits per heavy atom. The fourth-order valence-corrected chi connectivity index (χ4v) is 0. The fraction of sp³-hybridized carbons (Fsp3) is 1.00. The molecule has 0 rings (SSSR count). The molecule has 3 nitrogen and oxygen atoms in total. The van der Waals surface area contributed by atoms with E-state index in [1.807, 2.05) is 6.92 Å². The van der Waals surface area contributed by atoms with Gasteiger partial charge in [0.05, 0.1) is 6.10 Å². The summed E-state index contributed by atoms with van der Waals surface area (Å²) in [6, 6.07) is 0. The van der Waals surface area contributed by atoms with Gasteiger partial charge in [0, 0.05) is 0 Å². The first-order chi connectivity index (χ1) is 3.68. The van der Waals surface area contributed by atoms with E-state index in [-0.39, 0.29) is 6.10 Å². The summed E-state index contributed by atoms with van der Waals surface area (Å²) < 4.78 is 8.51. The van der Waals surface area contributed by atoms with Gasteiger partial charge in [0.2, 0.25) is 0 Å². The van der Waals surface area contributed by atoms with Gasteiger partial charge in [-0.25, -0.2) is 0 Å². The van der Waals surface area contributed by atoms with E-state index < -0.39 is 8.69 Å². The van der Waals surface area contributed by atoms with Gasteiger partial charge in [0.25, 0.3) is 0 Å². The zero-order chi connectivity index (χ0) is 6.99. The molecule has 0 bridgehead atoms. The Morgan fingerprint density at radius 1 is 1.75 bits per heavy atom. The molecule has 2 unspecified atom stereocenters. The Morgan fingerprint density at radius 3 is 1.88 bits per heavy atom. The quantitative estimate of drug-likeness (QED) is 0.525. The predicted molar refractivity (Wildman–Crippen MR) is 33.2 cm³/mol. The van der Waals surface area contributed by atoms with Crippen LogP contribution in [0.5, 0.6) is 0 Å². The van der Waals surface area contributed by atoms with Gasteiger partial charge in [-0.1, -0.05) is 6.92 Å². The molecule has 0 aliphatic carbocycles. The van der Waals surface area contributed by atoms with E-state index in [4.69, 9.17) is 14.6 Å². The molecule has 0 amide bonds. The Bertz CT molecular complexity index is 46.5. The van der Waals surface area contributed by atoms with Crippen molar-refractivity contribution in [2.75, 3.05) is 0 Å². The minimum atomic E-state index is -1.17. The zero-order valence-corrected chi connectivity index (χ0v) is 6.09. The van der Waals surface area contributed by atoms with Crippen LogP contribution in [0, 0.1) is 0 Å². The number of hydrogen-bond donors (Lipinski definition) is 2. The molecule has 2 N–H and O–H groups in total. The summed E-state index contributed by atoms with van der Waals surface area (Å²) in [7, 11) is -1.17. The molecule has 0 saturated heterocycles. The summed E-state index contributed by atoms with van der Waals surface area (Å²) in [5.74, 6) is 0. The maximum Gasteiger partial charge on any atom is 0.491 e. The molecule has 8 heavy (non-hydrogen) atoms. The van der Waals surface area contributed by atoms with Crippen LogP contribution < -0.4 is 0 Å². The maximum absolute atomic E-state index is 8.51. The predicted octanol–water partition coefficient (Wildman–Crippen LogP) is 0.695. The summed E-state index contributed by atoms with van der Waals surface area (Å²) >= 11 is 0. The number of aliphatic hydroxyl groups is 1. The molecule has 4 heteroatoms. The lowest BCUT2D eigenvalue weighted by Crippen LogP contribution is -1.93. The third-order valence-corrected chi connectivity index (χ3v) is 0.591. The van der Waals surface area contributed by atoms with Crippen LogP contribution >= 0.6 is 8.69 Å². The Hall–Kier alpha value is 0.0200. The normalized spacial score (nSPS) is 12.0. The highest BCUT2D eigenvalue weighted by Crippen LogP contribution is 1.81. The molecule has 2 atom stereocenters. The second-order valence-electron chi connectivity index (χ2n) is 1.35. The maximum atomic E-state index is 8.51. The molecular formula is C4H12O3P+. The van der Waals surface area contributed by atoms with Crippen molar-refractivity contribution in [1.82, 2.24) is 0 Å². The minimum Gasteiger partial charge on any atom is -0.393 e. The molecular weight excluding hydrogens is 127 g/mol. The summed E-state index contributed by atoms with van der Waals surface area (Å²) in [6.45, 7) is 3.73. The van der Waals surface area contributed by atoms with E-state index in [0.29, 0.717) is 0 Å². The highest BCUT2D eigenvalue weighted by Gasteiger charge is 1.81. The number of aliphatic hydroxyl groups excluding tert-OH is 1. The van der Waals surface area contributed by atoms with Gasteiger partial charge in [-0.15, -0.1) is 0 Å². The summed E-state index contributed by atoms with van der Waals surface area (Å²) in [5, 5.41) is 8.36. The van der Waals surface area contributed by atoms with E-state index >= 15 is 0 Å². The second-order valence-corrected chi connectivity index (χ2v) is 1.53. The molecule has 0 spiro atoms. The number of rotatable bonds is 1. The van der Waals surface area contributed by atoms with E-state index in [0.717, 1.165) is 6.42 Å². The third kappa shape index (κ3) is 37.2. The van der Waals surface area contributed by atoms with Crippen LogP contribution in [-0.4, -0.2) is 16.1 Å². The van der Waals surface area contributed by atoms with Crippen LogP contribution in [0.4, 0.5) is 0 Å². The van der Waals surface area contributed by atoms with Crippen LogP contribution in [0.3, 0.4) is 0 Å². The number of hydrogen-bond acceptors (Lipinski definition) is 2. The van der Waals surface area contributed by atoms with E-state index in [1.54, 1.807) is 6.92 Å². The summed E-state index contributed by atoms with van der Waals surface area (Å²) in [5.41, 5.74) is 0. The molecule has 0 aliphatic heterocycles. The van der Waals surface area contributed by atoms with Crippen molar-refractivity contribution in [3.8, 4) is 0 Å². The standard InChI is InChI=1S/C4H10O.HO2P/c1-3-4(2)5;1-3-2/h4-5H,3H2,1-2H3;3H/p+1. The highest BCUT2D eigenvalue weighted by molar-refractivity contribution is 7.16. The largest absolute Gasteiger partial charge is 0.491 e. The monoisotopic (exact) mass is 139 g/mol. The lowest BCUT2D eigenvalue weighted by Gasteiger charge is -1.90.